The number of aliphatic hydroxyl groups is 1. The SMILES string of the molecule is CC(=O)N1CCN(CCOCCO)C(C)(C)C1. The van der Waals surface area contributed by atoms with Crippen LogP contribution in [0.3, 0.4) is 0 Å². The van der Waals surface area contributed by atoms with Crippen LogP contribution < -0.4 is 0 Å². The molecule has 0 bridgehead atoms. The van der Waals surface area contributed by atoms with Gasteiger partial charge in [-0.2, -0.15) is 0 Å². The van der Waals surface area contributed by atoms with E-state index in [4.69, 9.17) is 9.84 Å². The minimum absolute atomic E-state index is 0.00745. The van der Waals surface area contributed by atoms with E-state index < -0.39 is 0 Å². The molecule has 1 aliphatic heterocycles. The monoisotopic (exact) mass is 244 g/mol. The van der Waals surface area contributed by atoms with Gasteiger partial charge in [0.1, 0.15) is 0 Å². The number of carbonyl (C=O) groups is 1. The van der Waals surface area contributed by atoms with Crippen molar-refractivity contribution in [2.24, 2.45) is 0 Å². The number of ether oxygens (including phenoxy) is 1. The van der Waals surface area contributed by atoms with E-state index in [9.17, 15) is 4.79 Å². The molecule has 5 nitrogen and oxygen atoms in total. The summed E-state index contributed by atoms with van der Waals surface area (Å²) in [6, 6.07) is 0. The van der Waals surface area contributed by atoms with Gasteiger partial charge in [-0.1, -0.05) is 0 Å². The summed E-state index contributed by atoms with van der Waals surface area (Å²) in [7, 11) is 0. The highest BCUT2D eigenvalue weighted by Gasteiger charge is 2.34. The maximum atomic E-state index is 11.3. The number of amides is 1. The fourth-order valence-corrected chi connectivity index (χ4v) is 2.21. The molecule has 1 N–H and O–H groups in total. The molecule has 1 saturated heterocycles. The number of piperazine rings is 1. The molecule has 0 spiro atoms. The lowest BCUT2D eigenvalue weighted by Crippen LogP contribution is -2.60. The minimum atomic E-state index is -0.00745. The highest BCUT2D eigenvalue weighted by molar-refractivity contribution is 5.73. The Morgan fingerprint density at radius 1 is 1.35 bits per heavy atom. The standard InChI is InChI=1S/C12H24N2O3/c1-11(16)13-4-5-14(12(2,3)10-13)6-8-17-9-7-15/h15H,4-10H2,1-3H3. The first kappa shape index (κ1) is 14.4. The molecule has 0 aromatic carbocycles. The number of aliphatic hydroxyl groups excluding tert-OH is 1. The van der Waals surface area contributed by atoms with Gasteiger partial charge in [-0.25, -0.2) is 0 Å². The van der Waals surface area contributed by atoms with Gasteiger partial charge >= 0.3 is 0 Å². The Morgan fingerprint density at radius 2 is 2.06 bits per heavy atom. The Hall–Kier alpha value is -0.650. The third-order valence-corrected chi connectivity index (χ3v) is 3.26. The normalized spacial score (nSPS) is 20.6. The lowest BCUT2D eigenvalue weighted by Gasteiger charge is -2.47. The van der Waals surface area contributed by atoms with Gasteiger partial charge in [-0.3, -0.25) is 9.69 Å². The van der Waals surface area contributed by atoms with E-state index >= 15 is 0 Å². The molecule has 0 saturated carbocycles. The summed E-state index contributed by atoms with van der Waals surface area (Å²) in [5.74, 6) is 0.147. The molecule has 0 atom stereocenters. The van der Waals surface area contributed by atoms with Crippen molar-refractivity contribution in [1.82, 2.24) is 9.80 Å². The number of hydrogen-bond donors (Lipinski definition) is 1. The molecule has 5 heteroatoms. The van der Waals surface area contributed by atoms with E-state index in [1.807, 2.05) is 4.90 Å². The molecule has 0 unspecified atom stereocenters. The van der Waals surface area contributed by atoms with E-state index in [2.05, 4.69) is 18.7 Å². The predicted octanol–water partition coefficient (Wildman–Crippen LogP) is -0.0620. The summed E-state index contributed by atoms with van der Waals surface area (Å²) in [5.41, 5.74) is -0.00745. The van der Waals surface area contributed by atoms with Crippen molar-refractivity contribution >= 4 is 5.91 Å². The van der Waals surface area contributed by atoms with Crippen molar-refractivity contribution in [3.05, 3.63) is 0 Å². The molecule has 0 aromatic heterocycles. The molecule has 100 valence electrons. The van der Waals surface area contributed by atoms with Gasteiger partial charge in [0.15, 0.2) is 0 Å². The molecule has 0 radical (unpaired) electrons. The summed E-state index contributed by atoms with van der Waals surface area (Å²) in [4.78, 5) is 15.6. The molecule has 0 aliphatic carbocycles. The summed E-state index contributed by atoms with van der Waals surface area (Å²) in [5, 5.41) is 8.62. The summed E-state index contributed by atoms with van der Waals surface area (Å²) < 4.78 is 5.28. The Bertz CT molecular complexity index is 256. The molecular weight excluding hydrogens is 220 g/mol. The highest BCUT2D eigenvalue weighted by Crippen LogP contribution is 2.20. The fourth-order valence-electron chi connectivity index (χ4n) is 2.21. The van der Waals surface area contributed by atoms with Crippen LogP contribution in [-0.2, 0) is 9.53 Å². The number of carbonyl (C=O) groups excluding carboxylic acids is 1. The van der Waals surface area contributed by atoms with Crippen LogP contribution in [0.1, 0.15) is 20.8 Å². The van der Waals surface area contributed by atoms with Gasteiger partial charge in [-0.15, -0.1) is 0 Å². The molecular formula is C12H24N2O3. The van der Waals surface area contributed by atoms with Crippen LogP contribution in [0.4, 0.5) is 0 Å². The summed E-state index contributed by atoms with van der Waals surface area (Å²) >= 11 is 0. The Labute approximate surface area is 103 Å². The first-order chi connectivity index (χ1) is 7.97. The van der Waals surface area contributed by atoms with Gasteiger partial charge in [-0.05, 0) is 13.8 Å². The average molecular weight is 244 g/mol. The molecule has 1 aliphatic rings. The van der Waals surface area contributed by atoms with Crippen LogP contribution in [0.2, 0.25) is 0 Å². The van der Waals surface area contributed by atoms with Gasteiger partial charge in [0.25, 0.3) is 0 Å². The second-order valence-electron chi connectivity index (χ2n) is 5.08. The summed E-state index contributed by atoms with van der Waals surface area (Å²) in [6.07, 6.45) is 0. The Balaban J connectivity index is 2.39. The zero-order valence-electron chi connectivity index (χ0n) is 11.1. The zero-order chi connectivity index (χ0) is 12.9. The molecule has 1 amide bonds. The number of hydrogen-bond acceptors (Lipinski definition) is 4. The van der Waals surface area contributed by atoms with Crippen molar-refractivity contribution < 1.29 is 14.6 Å². The first-order valence-electron chi connectivity index (χ1n) is 6.16. The van der Waals surface area contributed by atoms with Gasteiger partial charge in [0.2, 0.25) is 5.91 Å². The minimum Gasteiger partial charge on any atom is -0.394 e. The fraction of sp³-hybridized carbons (Fsp3) is 0.917. The summed E-state index contributed by atoms with van der Waals surface area (Å²) in [6.45, 7) is 10.3. The largest absolute Gasteiger partial charge is 0.394 e. The molecule has 1 rings (SSSR count). The number of nitrogens with zero attached hydrogens (tertiary/aromatic N) is 2. The van der Waals surface area contributed by atoms with E-state index in [0.29, 0.717) is 13.2 Å². The topological polar surface area (TPSA) is 53.0 Å². The van der Waals surface area contributed by atoms with E-state index in [0.717, 1.165) is 26.2 Å². The molecule has 1 heterocycles. The van der Waals surface area contributed by atoms with Crippen LogP contribution in [-0.4, -0.2) is 72.4 Å². The maximum absolute atomic E-state index is 11.3. The van der Waals surface area contributed by atoms with Crippen LogP contribution in [0.5, 0.6) is 0 Å². The van der Waals surface area contributed by atoms with Gasteiger partial charge < -0.3 is 14.7 Å². The Kier molecular flexibility index (Phi) is 5.36. The van der Waals surface area contributed by atoms with Crippen molar-refractivity contribution in [1.29, 1.82) is 0 Å². The van der Waals surface area contributed by atoms with Crippen LogP contribution in [0.15, 0.2) is 0 Å². The molecule has 0 aromatic rings. The van der Waals surface area contributed by atoms with Gasteiger partial charge in [0.05, 0.1) is 19.8 Å². The van der Waals surface area contributed by atoms with Crippen molar-refractivity contribution in [3.63, 3.8) is 0 Å². The zero-order valence-corrected chi connectivity index (χ0v) is 11.1. The van der Waals surface area contributed by atoms with Crippen molar-refractivity contribution in [2.75, 3.05) is 46.0 Å². The smallest absolute Gasteiger partial charge is 0.219 e. The Morgan fingerprint density at radius 3 is 2.59 bits per heavy atom. The van der Waals surface area contributed by atoms with E-state index in [1.54, 1.807) is 6.92 Å². The third kappa shape index (κ3) is 4.26. The van der Waals surface area contributed by atoms with Crippen LogP contribution in [0.25, 0.3) is 0 Å². The predicted molar refractivity (Wildman–Crippen MR) is 65.8 cm³/mol. The first-order valence-corrected chi connectivity index (χ1v) is 6.16. The van der Waals surface area contributed by atoms with Gasteiger partial charge in [0, 0.05) is 38.6 Å². The second-order valence-corrected chi connectivity index (χ2v) is 5.08. The molecule has 1 fully saturated rings. The quantitative estimate of drug-likeness (QED) is 0.688. The van der Waals surface area contributed by atoms with Crippen LogP contribution in [0, 0.1) is 0 Å². The number of rotatable bonds is 5. The molecule has 17 heavy (non-hydrogen) atoms. The average Bonchev–Trinajstić information content (AvgIpc) is 2.25. The lowest BCUT2D eigenvalue weighted by atomic mass is 9.99. The van der Waals surface area contributed by atoms with Crippen molar-refractivity contribution in [2.45, 2.75) is 26.3 Å². The third-order valence-electron chi connectivity index (χ3n) is 3.26. The van der Waals surface area contributed by atoms with E-state index in [1.165, 1.54) is 0 Å². The lowest BCUT2D eigenvalue weighted by molar-refractivity contribution is -0.134. The van der Waals surface area contributed by atoms with Crippen molar-refractivity contribution in [3.8, 4) is 0 Å². The second kappa shape index (κ2) is 6.33. The highest BCUT2D eigenvalue weighted by atomic mass is 16.5. The van der Waals surface area contributed by atoms with E-state index in [-0.39, 0.29) is 18.1 Å². The van der Waals surface area contributed by atoms with Crippen LogP contribution >= 0.6 is 0 Å². The maximum Gasteiger partial charge on any atom is 0.219 e.